The Labute approximate surface area is 67.9 Å². The molecule has 0 spiro atoms. The van der Waals surface area contributed by atoms with Crippen LogP contribution in [0.1, 0.15) is 19.8 Å². The molecule has 0 radical (unpaired) electrons. The van der Waals surface area contributed by atoms with E-state index in [1.54, 1.807) is 0 Å². The van der Waals surface area contributed by atoms with Crippen molar-refractivity contribution >= 4 is 10.1 Å². The van der Waals surface area contributed by atoms with Crippen LogP contribution in [0, 0.1) is 0 Å². The molecule has 0 aromatic carbocycles. The SMILES string of the molecule is CCC(N)CCOS(C)(=O)=O. The van der Waals surface area contributed by atoms with Crippen molar-refractivity contribution in [1.29, 1.82) is 0 Å². The molecule has 0 rings (SSSR count). The van der Waals surface area contributed by atoms with Crippen molar-refractivity contribution in [2.45, 2.75) is 25.8 Å². The first-order chi connectivity index (χ1) is 4.95. The molecule has 0 heterocycles. The van der Waals surface area contributed by atoms with E-state index in [2.05, 4.69) is 4.18 Å². The van der Waals surface area contributed by atoms with Gasteiger partial charge in [0, 0.05) is 6.04 Å². The van der Waals surface area contributed by atoms with Crippen LogP contribution in [-0.2, 0) is 14.3 Å². The van der Waals surface area contributed by atoms with E-state index in [4.69, 9.17) is 5.73 Å². The maximum Gasteiger partial charge on any atom is 0.264 e. The molecule has 0 aliphatic rings. The monoisotopic (exact) mass is 181 g/mol. The summed E-state index contributed by atoms with van der Waals surface area (Å²) in [5.41, 5.74) is 5.53. The molecule has 0 aromatic heterocycles. The first-order valence-electron chi connectivity index (χ1n) is 3.55. The predicted molar refractivity (Wildman–Crippen MR) is 43.7 cm³/mol. The molecule has 0 aliphatic carbocycles. The van der Waals surface area contributed by atoms with Gasteiger partial charge in [-0.15, -0.1) is 0 Å². The average Bonchev–Trinajstić information content (AvgIpc) is 1.85. The summed E-state index contributed by atoms with van der Waals surface area (Å²) in [6.45, 7) is 2.14. The molecule has 4 nitrogen and oxygen atoms in total. The zero-order valence-electron chi connectivity index (χ0n) is 6.91. The van der Waals surface area contributed by atoms with Crippen LogP contribution in [0.4, 0.5) is 0 Å². The fourth-order valence-corrected chi connectivity index (χ4v) is 0.954. The highest BCUT2D eigenvalue weighted by atomic mass is 32.2. The van der Waals surface area contributed by atoms with Gasteiger partial charge >= 0.3 is 0 Å². The molecule has 0 fully saturated rings. The first-order valence-corrected chi connectivity index (χ1v) is 5.37. The molecule has 68 valence electrons. The third-order valence-electron chi connectivity index (χ3n) is 1.31. The summed E-state index contributed by atoms with van der Waals surface area (Å²) in [7, 11) is -3.28. The lowest BCUT2D eigenvalue weighted by Gasteiger charge is -2.06. The summed E-state index contributed by atoms with van der Waals surface area (Å²) in [4.78, 5) is 0. The average molecular weight is 181 g/mol. The summed E-state index contributed by atoms with van der Waals surface area (Å²) in [6.07, 6.45) is 2.46. The van der Waals surface area contributed by atoms with Gasteiger partial charge in [-0.3, -0.25) is 4.18 Å². The van der Waals surface area contributed by atoms with Crippen molar-refractivity contribution in [3.63, 3.8) is 0 Å². The van der Waals surface area contributed by atoms with Crippen LogP contribution in [0.25, 0.3) is 0 Å². The Hall–Kier alpha value is -0.130. The maximum absolute atomic E-state index is 10.4. The lowest BCUT2D eigenvalue weighted by atomic mass is 10.2. The van der Waals surface area contributed by atoms with Crippen LogP contribution < -0.4 is 5.73 Å². The van der Waals surface area contributed by atoms with Gasteiger partial charge in [0.25, 0.3) is 10.1 Å². The molecule has 0 bridgehead atoms. The Morgan fingerprint density at radius 1 is 1.55 bits per heavy atom. The van der Waals surface area contributed by atoms with Crippen LogP contribution in [0.2, 0.25) is 0 Å². The third kappa shape index (κ3) is 7.77. The minimum Gasteiger partial charge on any atom is -0.328 e. The molecule has 1 atom stereocenters. The molecule has 0 amide bonds. The van der Waals surface area contributed by atoms with Crippen LogP contribution in [-0.4, -0.2) is 27.3 Å². The summed E-state index contributed by atoms with van der Waals surface area (Å²) < 4.78 is 25.4. The molecule has 0 aromatic rings. The Morgan fingerprint density at radius 3 is 2.45 bits per heavy atom. The zero-order chi connectivity index (χ0) is 8.91. The number of hydrogen-bond donors (Lipinski definition) is 1. The highest BCUT2D eigenvalue weighted by molar-refractivity contribution is 7.85. The van der Waals surface area contributed by atoms with Gasteiger partial charge in [0.15, 0.2) is 0 Å². The van der Waals surface area contributed by atoms with E-state index in [1.165, 1.54) is 0 Å². The van der Waals surface area contributed by atoms with Gasteiger partial charge in [0.2, 0.25) is 0 Å². The molecule has 0 saturated heterocycles. The van der Waals surface area contributed by atoms with Crippen molar-refractivity contribution in [1.82, 2.24) is 0 Å². The Bertz CT molecular complexity index is 188. The van der Waals surface area contributed by atoms with Crippen LogP contribution in [0.5, 0.6) is 0 Å². The first kappa shape index (κ1) is 10.9. The quantitative estimate of drug-likeness (QED) is 0.610. The van der Waals surface area contributed by atoms with Gasteiger partial charge in [0.1, 0.15) is 0 Å². The fraction of sp³-hybridized carbons (Fsp3) is 1.00. The van der Waals surface area contributed by atoms with E-state index < -0.39 is 10.1 Å². The number of hydrogen-bond acceptors (Lipinski definition) is 4. The molecule has 11 heavy (non-hydrogen) atoms. The molecular formula is C6H15NO3S. The van der Waals surface area contributed by atoms with E-state index in [0.717, 1.165) is 12.7 Å². The molecule has 2 N–H and O–H groups in total. The zero-order valence-corrected chi connectivity index (χ0v) is 7.73. The maximum atomic E-state index is 10.4. The van der Waals surface area contributed by atoms with E-state index >= 15 is 0 Å². The van der Waals surface area contributed by atoms with Gasteiger partial charge in [-0.1, -0.05) is 6.92 Å². The summed E-state index contributed by atoms with van der Waals surface area (Å²) in [5, 5.41) is 0. The Morgan fingerprint density at radius 2 is 2.09 bits per heavy atom. The standard InChI is InChI=1S/C6H15NO3S/c1-3-6(7)4-5-10-11(2,8)9/h6H,3-5,7H2,1-2H3. The minimum atomic E-state index is -3.28. The fourth-order valence-electron chi connectivity index (χ4n) is 0.555. The van der Waals surface area contributed by atoms with Gasteiger partial charge < -0.3 is 5.73 Å². The number of rotatable bonds is 5. The molecule has 0 aliphatic heterocycles. The van der Waals surface area contributed by atoms with E-state index in [1.807, 2.05) is 6.92 Å². The van der Waals surface area contributed by atoms with Crippen LogP contribution in [0.15, 0.2) is 0 Å². The van der Waals surface area contributed by atoms with Crippen molar-refractivity contribution in [2.75, 3.05) is 12.9 Å². The Balaban J connectivity index is 3.43. The normalized spacial score (nSPS) is 14.8. The molecule has 5 heteroatoms. The number of nitrogens with two attached hydrogens (primary N) is 1. The largest absolute Gasteiger partial charge is 0.328 e. The molecular weight excluding hydrogens is 166 g/mol. The highest BCUT2D eigenvalue weighted by Gasteiger charge is 2.03. The molecule has 0 saturated carbocycles. The Kier molecular flexibility index (Phi) is 4.63. The van der Waals surface area contributed by atoms with E-state index in [0.29, 0.717) is 6.42 Å². The van der Waals surface area contributed by atoms with E-state index in [9.17, 15) is 8.42 Å². The highest BCUT2D eigenvalue weighted by Crippen LogP contribution is 1.96. The van der Waals surface area contributed by atoms with Crippen molar-refractivity contribution in [3.05, 3.63) is 0 Å². The molecule has 1 unspecified atom stereocenters. The minimum absolute atomic E-state index is 0.0387. The second-order valence-corrected chi connectivity index (χ2v) is 4.13. The smallest absolute Gasteiger partial charge is 0.264 e. The summed E-state index contributed by atoms with van der Waals surface area (Å²) in [6, 6.07) is 0.0387. The van der Waals surface area contributed by atoms with Crippen molar-refractivity contribution in [2.24, 2.45) is 5.73 Å². The second-order valence-electron chi connectivity index (χ2n) is 2.48. The summed E-state index contributed by atoms with van der Waals surface area (Å²) in [5.74, 6) is 0. The van der Waals surface area contributed by atoms with Gasteiger partial charge in [-0.25, -0.2) is 0 Å². The van der Waals surface area contributed by atoms with Gasteiger partial charge in [-0.05, 0) is 12.8 Å². The summed E-state index contributed by atoms with van der Waals surface area (Å²) >= 11 is 0. The lowest BCUT2D eigenvalue weighted by Crippen LogP contribution is -2.21. The van der Waals surface area contributed by atoms with Gasteiger partial charge in [0.05, 0.1) is 12.9 Å². The topological polar surface area (TPSA) is 69.4 Å². The third-order valence-corrected chi connectivity index (χ3v) is 1.91. The predicted octanol–water partition coefficient (Wildman–Crippen LogP) is 0.0900. The lowest BCUT2D eigenvalue weighted by molar-refractivity contribution is 0.302. The van der Waals surface area contributed by atoms with Crippen LogP contribution >= 0.6 is 0 Å². The van der Waals surface area contributed by atoms with E-state index in [-0.39, 0.29) is 12.6 Å². The van der Waals surface area contributed by atoms with Gasteiger partial charge in [-0.2, -0.15) is 8.42 Å². The van der Waals surface area contributed by atoms with Crippen molar-refractivity contribution in [3.8, 4) is 0 Å². The van der Waals surface area contributed by atoms with Crippen LogP contribution in [0.3, 0.4) is 0 Å². The van der Waals surface area contributed by atoms with Crippen molar-refractivity contribution < 1.29 is 12.6 Å². The second kappa shape index (κ2) is 4.69.